The van der Waals surface area contributed by atoms with Crippen LogP contribution in [0.25, 0.3) is 11.1 Å². The van der Waals surface area contributed by atoms with E-state index in [0.29, 0.717) is 11.1 Å². The average Bonchev–Trinajstić information content (AvgIpc) is 2.91. The first-order valence-electron chi connectivity index (χ1n) is 7.81. The van der Waals surface area contributed by atoms with E-state index in [4.69, 9.17) is 14.6 Å². The summed E-state index contributed by atoms with van der Waals surface area (Å²) in [6.07, 6.45) is 0.0200. The largest absolute Gasteiger partial charge is 0.481 e. The summed E-state index contributed by atoms with van der Waals surface area (Å²) in [5, 5.41) is 20.0. The molecule has 0 aliphatic heterocycles. The highest BCUT2D eigenvalue weighted by Gasteiger charge is 2.31. The maximum atomic E-state index is 11.9. The number of esters is 1. The second-order valence-corrected chi connectivity index (χ2v) is 6.51. The Morgan fingerprint density at radius 2 is 2.04 bits per heavy atom. The summed E-state index contributed by atoms with van der Waals surface area (Å²) in [5.74, 6) is -3.45. The molecule has 1 unspecified atom stereocenters. The lowest BCUT2D eigenvalue weighted by Crippen LogP contribution is -2.36. The zero-order chi connectivity index (χ0) is 18.6. The highest BCUT2D eigenvalue weighted by Crippen LogP contribution is 2.18. The molecule has 8 heteroatoms. The van der Waals surface area contributed by atoms with Gasteiger partial charge >= 0.3 is 11.9 Å². The molecule has 0 fully saturated rings. The smallest absolute Gasteiger partial charge is 0.353 e. The van der Waals surface area contributed by atoms with Gasteiger partial charge in [0.05, 0.1) is 0 Å². The number of nitrogens with one attached hydrogen (secondary N) is 2. The minimum atomic E-state index is -1.27. The van der Waals surface area contributed by atoms with Crippen molar-refractivity contribution in [1.82, 2.24) is 4.98 Å². The maximum absolute atomic E-state index is 11.9. The first kappa shape index (κ1) is 18.4. The van der Waals surface area contributed by atoms with Crippen molar-refractivity contribution in [3.63, 3.8) is 0 Å². The van der Waals surface area contributed by atoms with Gasteiger partial charge in [-0.05, 0) is 39.3 Å². The number of carboxylic acids is 1. The molecule has 25 heavy (non-hydrogen) atoms. The summed E-state index contributed by atoms with van der Waals surface area (Å²) in [4.78, 5) is 27.5. The molecule has 1 atom stereocenters. The number of hydrogen-bond acceptors (Lipinski definition) is 7. The molecule has 0 bridgehead atoms. The monoisotopic (exact) mass is 347 g/mol. The molecule has 8 nitrogen and oxygen atoms in total. The van der Waals surface area contributed by atoms with Gasteiger partial charge in [-0.2, -0.15) is 4.98 Å². The van der Waals surface area contributed by atoms with Crippen molar-refractivity contribution in [2.75, 3.05) is 11.9 Å². The molecular weight excluding hydrogens is 326 g/mol. The zero-order valence-corrected chi connectivity index (χ0v) is 14.3. The molecule has 1 heterocycles. The number of carboxylic acid groups (broad SMARTS) is 1. The van der Waals surface area contributed by atoms with Gasteiger partial charge in [0.25, 0.3) is 6.01 Å². The number of carbonyl (C=O) groups excluding carboxylic acids is 1. The van der Waals surface area contributed by atoms with Crippen LogP contribution in [-0.4, -0.2) is 39.9 Å². The second kappa shape index (κ2) is 7.33. The van der Waals surface area contributed by atoms with Crippen LogP contribution in [0.5, 0.6) is 0 Å². The van der Waals surface area contributed by atoms with E-state index in [-0.39, 0.29) is 19.0 Å². The standard InChI is InChI=1S/C17H21N3O5/c1-17(2,3)25-15(23)13(18)10(14(21)22)8-9-19-16-20-11-6-4-5-7-12(11)24-16/h4-7,10,18H,8-9H2,1-3H3,(H,19,20)(H,21,22). The van der Waals surface area contributed by atoms with Crippen LogP contribution in [0.1, 0.15) is 27.2 Å². The third-order valence-electron chi connectivity index (χ3n) is 3.27. The number of oxazole rings is 1. The molecule has 0 aliphatic carbocycles. The van der Waals surface area contributed by atoms with Crippen molar-refractivity contribution in [2.24, 2.45) is 5.92 Å². The van der Waals surface area contributed by atoms with E-state index in [0.717, 1.165) is 0 Å². The van der Waals surface area contributed by atoms with Crippen LogP contribution in [-0.2, 0) is 14.3 Å². The Kier molecular flexibility index (Phi) is 5.41. The molecule has 0 aliphatic rings. The third kappa shape index (κ3) is 5.03. The lowest BCUT2D eigenvalue weighted by atomic mass is 9.99. The first-order valence-corrected chi connectivity index (χ1v) is 7.81. The molecule has 1 aromatic carbocycles. The normalized spacial score (nSPS) is 12.6. The summed E-state index contributed by atoms with van der Waals surface area (Å²) in [6.45, 7) is 5.14. The quantitative estimate of drug-likeness (QED) is 0.519. The van der Waals surface area contributed by atoms with E-state index in [1.165, 1.54) is 0 Å². The SMILES string of the molecule is CC(C)(C)OC(=O)C(=N)C(CCNc1nc2ccccc2o1)C(=O)O. The van der Waals surface area contributed by atoms with Gasteiger partial charge in [-0.25, -0.2) is 4.79 Å². The minimum absolute atomic E-state index is 0.0200. The van der Waals surface area contributed by atoms with Gasteiger partial charge in [0.1, 0.15) is 22.7 Å². The number of anilines is 1. The lowest BCUT2D eigenvalue weighted by molar-refractivity contribution is -0.148. The van der Waals surface area contributed by atoms with E-state index < -0.39 is 29.2 Å². The highest BCUT2D eigenvalue weighted by molar-refractivity contribution is 6.39. The summed E-state index contributed by atoms with van der Waals surface area (Å²) < 4.78 is 10.5. The topological polar surface area (TPSA) is 126 Å². The van der Waals surface area contributed by atoms with Crippen molar-refractivity contribution >= 4 is 34.8 Å². The third-order valence-corrected chi connectivity index (χ3v) is 3.27. The van der Waals surface area contributed by atoms with Gasteiger partial charge in [0, 0.05) is 6.54 Å². The van der Waals surface area contributed by atoms with Crippen LogP contribution in [0.15, 0.2) is 28.7 Å². The molecule has 0 saturated carbocycles. The number of hydrogen-bond donors (Lipinski definition) is 3. The van der Waals surface area contributed by atoms with E-state index in [1.807, 2.05) is 12.1 Å². The fraction of sp³-hybridized carbons (Fsp3) is 0.412. The predicted molar refractivity (Wildman–Crippen MR) is 91.8 cm³/mol. The van der Waals surface area contributed by atoms with Crippen LogP contribution in [0, 0.1) is 11.3 Å². The number of carbonyl (C=O) groups is 2. The average molecular weight is 347 g/mol. The van der Waals surface area contributed by atoms with Crippen molar-refractivity contribution in [2.45, 2.75) is 32.8 Å². The summed E-state index contributed by atoms with van der Waals surface area (Å²) in [5.41, 5.74) is -0.0764. The van der Waals surface area contributed by atoms with Crippen LogP contribution < -0.4 is 5.32 Å². The molecule has 0 radical (unpaired) electrons. The van der Waals surface area contributed by atoms with Gasteiger partial charge in [-0.3, -0.25) is 10.2 Å². The molecule has 3 N–H and O–H groups in total. The molecule has 0 amide bonds. The first-order chi connectivity index (χ1) is 11.7. The number of benzene rings is 1. The van der Waals surface area contributed by atoms with Gasteiger partial charge in [-0.1, -0.05) is 12.1 Å². The Bertz CT molecular complexity index is 758. The molecular formula is C17H21N3O5. The molecule has 0 saturated heterocycles. The van der Waals surface area contributed by atoms with Crippen molar-refractivity contribution in [1.29, 1.82) is 5.41 Å². The van der Waals surface area contributed by atoms with Crippen molar-refractivity contribution < 1.29 is 23.8 Å². The lowest BCUT2D eigenvalue weighted by Gasteiger charge is -2.21. The molecule has 1 aromatic heterocycles. The number of nitrogens with zero attached hydrogens (tertiary/aromatic N) is 1. The summed E-state index contributed by atoms with van der Waals surface area (Å²) in [6, 6.07) is 7.47. The highest BCUT2D eigenvalue weighted by atomic mass is 16.6. The number of para-hydroxylation sites is 2. The van der Waals surface area contributed by atoms with Crippen LogP contribution in [0.3, 0.4) is 0 Å². The number of aliphatic carboxylic acids is 1. The van der Waals surface area contributed by atoms with Gasteiger partial charge < -0.3 is 19.6 Å². The number of rotatable bonds is 7. The fourth-order valence-corrected chi connectivity index (χ4v) is 2.14. The van der Waals surface area contributed by atoms with Crippen molar-refractivity contribution in [3.05, 3.63) is 24.3 Å². The van der Waals surface area contributed by atoms with Gasteiger partial charge in [-0.15, -0.1) is 0 Å². The Hall–Kier alpha value is -2.90. The predicted octanol–water partition coefficient (Wildman–Crippen LogP) is 2.69. The maximum Gasteiger partial charge on any atom is 0.353 e. The van der Waals surface area contributed by atoms with E-state index in [1.54, 1.807) is 32.9 Å². The molecule has 134 valence electrons. The Balaban J connectivity index is 1.96. The number of fused-ring (bicyclic) bond motifs is 1. The fourth-order valence-electron chi connectivity index (χ4n) is 2.14. The van der Waals surface area contributed by atoms with Gasteiger partial charge in [0.2, 0.25) is 0 Å². The van der Waals surface area contributed by atoms with E-state index >= 15 is 0 Å². The Labute approximate surface area is 144 Å². The van der Waals surface area contributed by atoms with Crippen LogP contribution in [0.2, 0.25) is 0 Å². The molecule has 0 spiro atoms. The minimum Gasteiger partial charge on any atom is -0.481 e. The number of aromatic nitrogens is 1. The Morgan fingerprint density at radius 3 is 2.64 bits per heavy atom. The molecule has 2 rings (SSSR count). The van der Waals surface area contributed by atoms with E-state index in [2.05, 4.69) is 10.3 Å². The van der Waals surface area contributed by atoms with Crippen LogP contribution >= 0.6 is 0 Å². The second-order valence-electron chi connectivity index (χ2n) is 6.51. The zero-order valence-electron chi connectivity index (χ0n) is 14.3. The van der Waals surface area contributed by atoms with E-state index in [9.17, 15) is 14.7 Å². The van der Waals surface area contributed by atoms with Crippen LogP contribution in [0.4, 0.5) is 6.01 Å². The van der Waals surface area contributed by atoms with Crippen molar-refractivity contribution in [3.8, 4) is 0 Å². The Morgan fingerprint density at radius 1 is 1.36 bits per heavy atom. The van der Waals surface area contributed by atoms with Gasteiger partial charge in [0.15, 0.2) is 5.58 Å². The molecule has 2 aromatic rings. The summed E-state index contributed by atoms with van der Waals surface area (Å²) >= 11 is 0. The summed E-state index contributed by atoms with van der Waals surface area (Å²) in [7, 11) is 0. The number of ether oxygens (including phenoxy) is 1.